The van der Waals surface area contributed by atoms with Gasteiger partial charge in [-0.3, -0.25) is 4.79 Å². The SMILES string of the molecule is O=C(c1cccc2ccccc12)N(Cc1ccccc1)Cc1cccn1Cc1ccccc1Cl. The second kappa shape index (κ2) is 9.98. The van der Waals surface area contributed by atoms with Crippen molar-refractivity contribution in [1.82, 2.24) is 9.47 Å². The molecule has 0 N–H and O–H groups in total. The lowest BCUT2D eigenvalue weighted by Gasteiger charge is -2.25. The Labute approximate surface area is 204 Å². The number of rotatable bonds is 7. The molecule has 0 fully saturated rings. The van der Waals surface area contributed by atoms with Gasteiger partial charge in [-0.2, -0.15) is 0 Å². The third-order valence-electron chi connectivity index (χ3n) is 6.10. The molecule has 0 aliphatic heterocycles. The second-order valence-electron chi connectivity index (χ2n) is 8.39. The molecule has 1 aromatic heterocycles. The number of nitrogens with zero attached hydrogens (tertiary/aromatic N) is 2. The fourth-order valence-corrected chi connectivity index (χ4v) is 4.53. The number of benzene rings is 4. The Morgan fingerprint density at radius 1 is 0.735 bits per heavy atom. The van der Waals surface area contributed by atoms with Crippen molar-refractivity contribution >= 4 is 28.3 Å². The standard InChI is InChI=1S/C30H25ClN2O/c31-29-18-7-5-13-25(29)21-32-19-9-15-26(32)22-33(20-23-10-2-1-3-11-23)30(34)28-17-8-14-24-12-4-6-16-27(24)28/h1-19H,20-22H2. The lowest BCUT2D eigenvalue weighted by molar-refractivity contribution is 0.0728. The molecule has 0 saturated carbocycles. The number of aromatic nitrogens is 1. The zero-order chi connectivity index (χ0) is 23.3. The summed E-state index contributed by atoms with van der Waals surface area (Å²) in [6, 6.07) is 36.1. The van der Waals surface area contributed by atoms with Gasteiger partial charge in [0.05, 0.1) is 6.54 Å². The van der Waals surface area contributed by atoms with Crippen LogP contribution in [0.15, 0.2) is 115 Å². The Morgan fingerprint density at radius 3 is 2.32 bits per heavy atom. The maximum Gasteiger partial charge on any atom is 0.255 e. The lowest BCUT2D eigenvalue weighted by Crippen LogP contribution is -2.31. The summed E-state index contributed by atoms with van der Waals surface area (Å²) in [7, 11) is 0. The first-order valence-corrected chi connectivity index (χ1v) is 11.8. The van der Waals surface area contributed by atoms with E-state index in [4.69, 9.17) is 11.6 Å². The van der Waals surface area contributed by atoms with Crippen molar-refractivity contribution in [1.29, 1.82) is 0 Å². The van der Waals surface area contributed by atoms with Crippen molar-refractivity contribution in [2.24, 2.45) is 0 Å². The highest BCUT2D eigenvalue weighted by Gasteiger charge is 2.20. The van der Waals surface area contributed by atoms with Crippen LogP contribution in [0, 0.1) is 0 Å². The number of carbonyl (C=O) groups excluding carboxylic acids is 1. The van der Waals surface area contributed by atoms with E-state index in [2.05, 4.69) is 22.8 Å². The molecule has 3 nitrogen and oxygen atoms in total. The predicted molar refractivity (Wildman–Crippen MR) is 139 cm³/mol. The third kappa shape index (κ3) is 4.75. The molecule has 4 aromatic carbocycles. The van der Waals surface area contributed by atoms with Crippen molar-refractivity contribution in [2.45, 2.75) is 19.6 Å². The van der Waals surface area contributed by atoms with E-state index in [9.17, 15) is 4.79 Å². The zero-order valence-electron chi connectivity index (χ0n) is 18.8. The number of hydrogen-bond donors (Lipinski definition) is 0. The van der Waals surface area contributed by atoms with Crippen LogP contribution in [0.1, 0.15) is 27.2 Å². The number of carbonyl (C=O) groups is 1. The molecule has 1 amide bonds. The second-order valence-corrected chi connectivity index (χ2v) is 8.80. The summed E-state index contributed by atoms with van der Waals surface area (Å²) in [4.78, 5) is 15.8. The van der Waals surface area contributed by atoms with Gasteiger partial charge in [0.2, 0.25) is 0 Å². The van der Waals surface area contributed by atoms with Gasteiger partial charge >= 0.3 is 0 Å². The first kappa shape index (κ1) is 22.0. The summed E-state index contributed by atoms with van der Waals surface area (Å²) in [5.74, 6) is 0.0196. The summed E-state index contributed by atoms with van der Waals surface area (Å²) in [6.45, 7) is 1.68. The fraction of sp³-hybridized carbons (Fsp3) is 0.100. The molecule has 0 radical (unpaired) electrons. The van der Waals surface area contributed by atoms with Crippen LogP contribution in [0.4, 0.5) is 0 Å². The summed E-state index contributed by atoms with van der Waals surface area (Å²) in [5.41, 5.74) is 3.93. The number of halogens is 1. The zero-order valence-corrected chi connectivity index (χ0v) is 19.5. The molecule has 0 unspecified atom stereocenters. The van der Waals surface area contributed by atoms with Gasteiger partial charge in [-0.1, -0.05) is 96.5 Å². The first-order valence-electron chi connectivity index (χ1n) is 11.4. The minimum Gasteiger partial charge on any atom is -0.345 e. The molecule has 34 heavy (non-hydrogen) atoms. The predicted octanol–water partition coefficient (Wildman–Crippen LogP) is 7.19. The van der Waals surface area contributed by atoms with Crippen molar-refractivity contribution in [3.8, 4) is 0 Å². The van der Waals surface area contributed by atoms with Crippen molar-refractivity contribution in [3.63, 3.8) is 0 Å². The van der Waals surface area contributed by atoms with E-state index in [1.165, 1.54) is 0 Å². The Bertz CT molecular complexity index is 1420. The molecule has 5 aromatic rings. The van der Waals surface area contributed by atoms with E-state index >= 15 is 0 Å². The van der Waals surface area contributed by atoms with Gasteiger partial charge < -0.3 is 9.47 Å². The van der Waals surface area contributed by atoms with Crippen molar-refractivity contribution < 1.29 is 4.79 Å². The van der Waals surface area contributed by atoms with E-state index in [1.807, 2.05) is 102 Å². The van der Waals surface area contributed by atoms with Gasteiger partial charge in [0.15, 0.2) is 0 Å². The van der Waals surface area contributed by atoms with Crippen LogP contribution in [0.2, 0.25) is 5.02 Å². The van der Waals surface area contributed by atoms with E-state index < -0.39 is 0 Å². The Balaban J connectivity index is 1.49. The molecule has 5 rings (SSSR count). The molecule has 1 heterocycles. The van der Waals surface area contributed by atoms with E-state index in [0.29, 0.717) is 19.6 Å². The number of hydrogen-bond acceptors (Lipinski definition) is 1. The van der Waals surface area contributed by atoms with Crippen molar-refractivity contribution in [2.75, 3.05) is 0 Å². The van der Waals surface area contributed by atoms with Crippen LogP contribution < -0.4 is 0 Å². The van der Waals surface area contributed by atoms with Crippen molar-refractivity contribution in [3.05, 3.63) is 143 Å². The topological polar surface area (TPSA) is 25.2 Å². The lowest BCUT2D eigenvalue weighted by atomic mass is 10.0. The van der Waals surface area contributed by atoms with Gasteiger partial charge in [-0.25, -0.2) is 0 Å². The highest BCUT2D eigenvalue weighted by atomic mass is 35.5. The Kier molecular flexibility index (Phi) is 6.46. The molecule has 0 bridgehead atoms. The highest BCUT2D eigenvalue weighted by molar-refractivity contribution is 6.31. The normalized spacial score (nSPS) is 11.0. The van der Waals surface area contributed by atoms with Crippen LogP contribution >= 0.6 is 11.6 Å². The maximum absolute atomic E-state index is 13.9. The molecule has 4 heteroatoms. The van der Waals surface area contributed by atoms with E-state index in [0.717, 1.165) is 38.2 Å². The summed E-state index contributed by atoms with van der Waals surface area (Å²) >= 11 is 6.41. The van der Waals surface area contributed by atoms with Gasteiger partial charge in [-0.15, -0.1) is 0 Å². The van der Waals surface area contributed by atoms with E-state index in [-0.39, 0.29) is 5.91 Å². The summed E-state index contributed by atoms with van der Waals surface area (Å²) in [6.07, 6.45) is 2.04. The number of fused-ring (bicyclic) bond motifs is 1. The van der Waals surface area contributed by atoms with E-state index in [1.54, 1.807) is 0 Å². The molecule has 0 aliphatic rings. The largest absolute Gasteiger partial charge is 0.345 e. The van der Waals surface area contributed by atoms with Gasteiger partial charge in [0.25, 0.3) is 5.91 Å². The summed E-state index contributed by atoms with van der Waals surface area (Å²) in [5, 5.41) is 2.78. The molecular formula is C30H25ClN2O. The van der Waals surface area contributed by atoms with Crippen LogP contribution in [0.3, 0.4) is 0 Å². The highest BCUT2D eigenvalue weighted by Crippen LogP contribution is 2.23. The van der Waals surface area contributed by atoms with Gasteiger partial charge in [0, 0.05) is 35.6 Å². The van der Waals surface area contributed by atoms with Gasteiger partial charge in [-0.05, 0) is 46.2 Å². The summed E-state index contributed by atoms with van der Waals surface area (Å²) < 4.78 is 2.16. The Morgan fingerprint density at radius 2 is 1.47 bits per heavy atom. The van der Waals surface area contributed by atoms with Crippen LogP contribution in [-0.4, -0.2) is 15.4 Å². The van der Waals surface area contributed by atoms with Crippen LogP contribution in [-0.2, 0) is 19.6 Å². The molecule has 0 atom stereocenters. The minimum absolute atomic E-state index is 0.0196. The maximum atomic E-state index is 13.9. The Hall–Kier alpha value is -3.82. The number of amides is 1. The molecule has 168 valence electrons. The molecule has 0 aliphatic carbocycles. The molecule has 0 spiro atoms. The first-order chi connectivity index (χ1) is 16.7. The van der Waals surface area contributed by atoms with Gasteiger partial charge in [0.1, 0.15) is 0 Å². The third-order valence-corrected chi connectivity index (χ3v) is 6.47. The quantitative estimate of drug-likeness (QED) is 0.250. The minimum atomic E-state index is 0.0196. The van der Waals surface area contributed by atoms with Crippen LogP contribution in [0.25, 0.3) is 10.8 Å². The molecule has 0 saturated heterocycles. The monoisotopic (exact) mass is 464 g/mol. The average Bonchev–Trinajstić information content (AvgIpc) is 3.31. The average molecular weight is 465 g/mol. The smallest absolute Gasteiger partial charge is 0.255 e. The fourth-order valence-electron chi connectivity index (χ4n) is 4.34. The van der Waals surface area contributed by atoms with Crippen LogP contribution in [0.5, 0.6) is 0 Å². The molecular weight excluding hydrogens is 440 g/mol.